The minimum Gasteiger partial charge on any atom is -0.256 e. The van der Waals surface area contributed by atoms with Crippen molar-refractivity contribution >= 4 is 6.08 Å². The SMILES string of the molecule is C=Cc1cccnc1-c1ccccc1F. The van der Waals surface area contributed by atoms with Gasteiger partial charge in [0.15, 0.2) is 0 Å². The van der Waals surface area contributed by atoms with Crippen molar-refractivity contribution in [3.05, 3.63) is 60.6 Å². The van der Waals surface area contributed by atoms with Gasteiger partial charge in [0, 0.05) is 17.3 Å². The molecule has 0 aliphatic heterocycles. The number of nitrogens with zero attached hydrogens (tertiary/aromatic N) is 1. The zero-order valence-electron chi connectivity index (χ0n) is 8.15. The fraction of sp³-hybridized carbons (Fsp3) is 0. The Labute approximate surface area is 87.9 Å². The van der Waals surface area contributed by atoms with Crippen molar-refractivity contribution in [3.8, 4) is 11.3 Å². The number of hydrogen-bond donors (Lipinski definition) is 0. The van der Waals surface area contributed by atoms with Gasteiger partial charge in [-0.1, -0.05) is 30.9 Å². The van der Waals surface area contributed by atoms with E-state index in [2.05, 4.69) is 11.6 Å². The van der Waals surface area contributed by atoms with Gasteiger partial charge in [-0.25, -0.2) is 4.39 Å². The summed E-state index contributed by atoms with van der Waals surface area (Å²) in [5.41, 5.74) is 1.97. The molecule has 0 radical (unpaired) electrons. The molecule has 2 rings (SSSR count). The summed E-state index contributed by atoms with van der Waals surface area (Å²) >= 11 is 0. The smallest absolute Gasteiger partial charge is 0.132 e. The van der Waals surface area contributed by atoms with Crippen molar-refractivity contribution in [3.63, 3.8) is 0 Å². The van der Waals surface area contributed by atoms with E-state index in [-0.39, 0.29) is 5.82 Å². The molecule has 15 heavy (non-hydrogen) atoms. The Morgan fingerprint density at radius 2 is 1.93 bits per heavy atom. The molecule has 0 fully saturated rings. The number of halogens is 1. The fourth-order valence-electron chi connectivity index (χ4n) is 1.46. The van der Waals surface area contributed by atoms with Gasteiger partial charge >= 0.3 is 0 Å². The molecule has 1 aromatic heterocycles. The summed E-state index contributed by atoms with van der Waals surface area (Å²) in [5, 5.41) is 0. The van der Waals surface area contributed by atoms with Gasteiger partial charge < -0.3 is 0 Å². The van der Waals surface area contributed by atoms with Crippen LogP contribution in [0.1, 0.15) is 5.56 Å². The van der Waals surface area contributed by atoms with Crippen LogP contribution in [0.4, 0.5) is 4.39 Å². The van der Waals surface area contributed by atoms with E-state index in [0.717, 1.165) is 5.56 Å². The lowest BCUT2D eigenvalue weighted by molar-refractivity contribution is 0.630. The maximum Gasteiger partial charge on any atom is 0.132 e. The lowest BCUT2D eigenvalue weighted by Crippen LogP contribution is -1.90. The molecule has 2 aromatic rings. The van der Waals surface area contributed by atoms with E-state index in [1.165, 1.54) is 6.07 Å². The molecule has 1 heterocycles. The Hall–Kier alpha value is -1.96. The van der Waals surface area contributed by atoms with Gasteiger partial charge in [-0.3, -0.25) is 4.98 Å². The summed E-state index contributed by atoms with van der Waals surface area (Å²) in [6.07, 6.45) is 3.32. The molecule has 2 heteroatoms. The van der Waals surface area contributed by atoms with Crippen LogP contribution < -0.4 is 0 Å². The zero-order valence-corrected chi connectivity index (χ0v) is 8.15. The van der Waals surface area contributed by atoms with Crippen LogP contribution in [0, 0.1) is 5.82 Å². The Morgan fingerprint density at radius 1 is 1.13 bits per heavy atom. The minimum atomic E-state index is -0.265. The van der Waals surface area contributed by atoms with E-state index in [4.69, 9.17) is 0 Å². The van der Waals surface area contributed by atoms with Gasteiger partial charge in [0.1, 0.15) is 5.82 Å². The molecule has 0 atom stereocenters. The second-order valence-corrected chi connectivity index (χ2v) is 3.13. The lowest BCUT2D eigenvalue weighted by atomic mass is 10.1. The average Bonchev–Trinajstić information content (AvgIpc) is 2.30. The maximum absolute atomic E-state index is 13.5. The van der Waals surface area contributed by atoms with Crippen LogP contribution in [-0.4, -0.2) is 4.98 Å². The molecule has 0 spiro atoms. The molecule has 0 bridgehead atoms. The van der Waals surface area contributed by atoms with Crippen LogP contribution >= 0.6 is 0 Å². The molecule has 74 valence electrons. The summed E-state index contributed by atoms with van der Waals surface area (Å²) in [7, 11) is 0. The Morgan fingerprint density at radius 3 is 2.67 bits per heavy atom. The van der Waals surface area contributed by atoms with Gasteiger partial charge in [0.05, 0.1) is 5.69 Å². The average molecular weight is 199 g/mol. The quantitative estimate of drug-likeness (QED) is 0.721. The summed E-state index contributed by atoms with van der Waals surface area (Å²) in [5.74, 6) is -0.265. The number of pyridine rings is 1. The van der Waals surface area contributed by atoms with Crippen molar-refractivity contribution in [1.82, 2.24) is 4.98 Å². The number of rotatable bonds is 2. The number of hydrogen-bond acceptors (Lipinski definition) is 1. The second kappa shape index (κ2) is 4.05. The monoisotopic (exact) mass is 199 g/mol. The van der Waals surface area contributed by atoms with Crippen LogP contribution in [-0.2, 0) is 0 Å². The Bertz CT molecular complexity index is 491. The molecule has 0 N–H and O–H groups in total. The van der Waals surface area contributed by atoms with Gasteiger partial charge in [0.25, 0.3) is 0 Å². The van der Waals surface area contributed by atoms with Crippen molar-refractivity contribution < 1.29 is 4.39 Å². The highest BCUT2D eigenvalue weighted by molar-refractivity contribution is 5.71. The summed E-state index contributed by atoms with van der Waals surface area (Å²) in [6, 6.07) is 10.3. The third-order valence-corrected chi connectivity index (χ3v) is 2.19. The van der Waals surface area contributed by atoms with Crippen molar-refractivity contribution in [2.75, 3.05) is 0 Å². The molecule has 0 amide bonds. The molecule has 0 aliphatic rings. The summed E-state index contributed by atoms with van der Waals surface area (Å²) in [6.45, 7) is 3.68. The topological polar surface area (TPSA) is 12.9 Å². The normalized spacial score (nSPS) is 9.93. The van der Waals surface area contributed by atoms with E-state index in [1.54, 1.807) is 36.5 Å². The van der Waals surface area contributed by atoms with Crippen molar-refractivity contribution in [2.45, 2.75) is 0 Å². The summed E-state index contributed by atoms with van der Waals surface area (Å²) in [4.78, 5) is 4.17. The van der Waals surface area contributed by atoms with Crippen LogP contribution in [0.5, 0.6) is 0 Å². The Kier molecular flexibility index (Phi) is 2.59. The van der Waals surface area contributed by atoms with Gasteiger partial charge in [-0.2, -0.15) is 0 Å². The molecule has 0 saturated carbocycles. The molecule has 0 saturated heterocycles. The predicted molar refractivity (Wildman–Crippen MR) is 59.7 cm³/mol. The third kappa shape index (κ3) is 1.79. The van der Waals surface area contributed by atoms with Gasteiger partial charge in [0.2, 0.25) is 0 Å². The van der Waals surface area contributed by atoms with E-state index in [0.29, 0.717) is 11.3 Å². The van der Waals surface area contributed by atoms with Crippen molar-refractivity contribution in [2.24, 2.45) is 0 Å². The van der Waals surface area contributed by atoms with Gasteiger partial charge in [-0.05, 0) is 18.2 Å². The molecule has 1 nitrogen and oxygen atoms in total. The Balaban J connectivity index is 2.64. The highest BCUT2D eigenvalue weighted by Gasteiger charge is 2.07. The highest BCUT2D eigenvalue weighted by atomic mass is 19.1. The molecular weight excluding hydrogens is 189 g/mol. The molecular formula is C13H10FN. The van der Waals surface area contributed by atoms with Crippen LogP contribution in [0.25, 0.3) is 17.3 Å². The predicted octanol–water partition coefficient (Wildman–Crippen LogP) is 3.53. The highest BCUT2D eigenvalue weighted by Crippen LogP contribution is 2.24. The lowest BCUT2D eigenvalue weighted by Gasteiger charge is -2.05. The van der Waals surface area contributed by atoms with E-state index in [1.807, 2.05) is 6.07 Å². The number of aromatic nitrogens is 1. The first-order valence-electron chi connectivity index (χ1n) is 4.65. The molecule has 1 aromatic carbocycles. The van der Waals surface area contributed by atoms with Crippen molar-refractivity contribution in [1.29, 1.82) is 0 Å². The first-order valence-corrected chi connectivity index (χ1v) is 4.65. The van der Waals surface area contributed by atoms with Gasteiger partial charge in [-0.15, -0.1) is 0 Å². The van der Waals surface area contributed by atoms with Crippen LogP contribution in [0.15, 0.2) is 49.2 Å². The minimum absolute atomic E-state index is 0.265. The zero-order chi connectivity index (χ0) is 10.7. The van der Waals surface area contributed by atoms with Crippen LogP contribution in [0.3, 0.4) is 0 Å². The summed E-state index contributed by atoms with van der Waals surface area (Å²) < 4.78 is 13.5. The van der Waals surface area contributed by atoms with E-state index in [9.17, 15) is 4.39 Å². The third-order valence-electron chi connectivity index (χ3n) is 2.19. The van der Waals surface area contributed by atoms with E-state index < -0.39 is 0 Å². The largest absolute Gasteiger partial charge is 0.256 e. The fourth-order valence-corrected chi connectivity index (χ4v) is 1.46. The standard InChI is InChI=1S/C13H10FN/c1-2-10-6-5-9-15-13(10)11-7-3-4-8-12(11)14/h2-9H,1H2. The van der Waals surface area contributed by atoms with E-state index >= 15 is 0 Å². The number of benzene rings is 1. The second-order valence-electron chi connectivity index (χ2n) is 3.13. The van der Waals surface area contributed by atoms with Crippen LogP contribution in [0.2, 0.25) is 0 Å². The molecule has 0 unspecified atom stereocenters. The first kappa shape index (κ1) is 9.59. The molecule has 0 aliphatic carbocycles. The maximum atomic E-state index is 13.5. The first-order chi connectivity index (χ1) is 7.33.